The van der Waals surface area contributed by atoms with Crippen LogP contribution in [0.4, 0.5) is 16.2 Å². The number of ether oxygens (including phenoxy) is 1. The van der Waals surface area contributed by atoms with Crippen LogP contribution in [0.5, 0.6) is 5.75 Å². The molecule has 1 aliphatic carbocycles. The van der Waals surface area contributed by atoms with Crippen LogP contribution in [0.1, 0.15) is 36.3 Å². The van der Waals surface area contributed by atoms with Gasteiger partial charge in [-0.2, -0.15) is 4.57 Å². The van der Waals surface area contributed by atoms with Gasteiger partial charge in [-0.05, 0) is 66.4 Å². The van der Waals surface area contributed by atoms with E-state index in [4.69, 9.17) is 17.0 Å². The number of methoxy groups -OCH3 is 1. The average molecular weight is 592 g/mol. The molecule has 0 bridgehead atoms. The molecule has 0 spiro atoms. The Morgan fingerprint density at radius 1 is 1.20 bits per heavy atom. The minimum absolute atomic E-state index is 0.0651. The molecule has 3 aliphatic rings. The largest absolute Gasteiger partial charge is 0.497 e. The zero-order chi connectivity index (χ0) is 28.1. The van der Waals surface area contributed by atoms with Crippen LogP contribution in [0.15, 0.2) is 59.9 Å². The highest BCUT2D eigenvalue weighted by atomic mass is 32.2. The van der Waals surface area contributed by atoms with Gasteiger partial charge in [0.1, 0.15) is 19.6 Å². The second kappa shape index (κ2) is 10.4. The summed E-state index contributed by atoms with van der Waals surface area (Å²) in [5, 5.41) is 9.85. The molecule has 204 valence electrons. The predicted molar refractivity (Wildman–Crippen MR) is 162 cm³/mol. The molecule has 2 unspecified atom stereocenters. The number of nitrogens with zero attached hydrogens (tertiary/aromatic N) is 3. The molecule has 1 saturated carbocycles. The highest BCUT2D eigenvalue weighted by molar-refractivity contribution is 8.30. The van der Waals surface area contributed by atoms with Crippen LogP contribution in [-0.4, -0.2) is 50.6 Å². The molecule has 11 heteroatoms. The zero-order valence-electron chi connectivity index (χ0n) is 21.5. The maximum Gasteiger partial charge on any atom is 0.419 e. The second-order valence-corrected chi connectivity index (χ2v) is 12.4. The van der Waals surface area contributed by atoms with E-state index in [0.29, 0.717) is 20.8 Å². The molecule has 1 N–H and O–H groups in total. The van der Waals surface area contributed by atoms with Crippen LogP contribution >= 0.6 is 35.3 Å². The Bertz CT molecular complexity index is 1760. The molecule has 1 saturated heterocycles. The third-order valence-electron chi connectivity index (χ3n) is 7.54. The maximum atomic E-state index is 13.2. The summed E-state index contributed by atoms with van der Waals surface area (Å²) in [5.41, 5.74) is 3.61. The summed E-state index contributed by atoms with van der Waals surface area (Å²) in [6.07, 6.45) is 5.13. The van der Waals surface area contributed by atoms with Crippen LogP contribution in [0, 0.1) is 0 Å². The van der Waals surface area contributed by atoms with E-state index in [1.165, 1.54) is 10.5 Å². The highest BCUT2D eigenvalue weighted by Crippen LogP contribution is 2.52. The number of rotatable bonds is 5. The van der Waals surface area contributed by atoms with E-state index in [1.54, 1.807) is 19.3 Å². The number of amides is 1. The zero-order valence-corrected chi connectivity index (χ0v) is 24.0. The van der Waals surface area contributed by atoms with Crippen molar-refractivity contribution in [3.63, 3.8) is 0 Å². The smallest absolute Gasteiger partial charge is 0.419 e. The Kier molecular flexibility index (Phi) is 6.89. The molecule has 2 fully saturated rings. The number of fused-ring (bicyclic) bond motifs is 3. The van der Waals surface area contributed by atoms with Crippen LogP contribution in [0.2, 0.25) is 0 Å². The number of thioether (sulfide) groups is 1. The lowest BCUT2D eigenvalue weighted by Crippen LogP contribution is -2.37. The summed E-state index contributed by atoms with van der Waals surface area (Å²) in [7, 11) is 1.66. The minimum atomic E-state index is -1.44. The molecule has 0 radical (unpaired) electrons. The van der Waals surface area contributed by atoms with Crippen LogP contribution in [0.3, 0.4) is 0 Å². The van der Waals surface area contributed by atoms with Gasteiger partial charge in [0.2, 0.25) is 0 Å². The fraction of sp³-hybridized carbons (Fsp3) is 0.241. The lowest BCUT2D eigenvalue weighted by atomic mass is 9.96. The number of hydrogen-bond donors (Lipinski definition) is 1. The van der Waals surface area contributed by atoms with Crippen molar-refractivity contribution in [3.05, 3.63) is 85.8 Å². The van der Waals surface area contributed by atoms with Gasteiger partial charge in [-0.1, -0.05) is 42.5 Å². The summed E-state index contributed by atoms with van der Waals surface area (Å²) in [6, 6.07) is 14.6. The molecule has 1 aromatic heterocycles. The quantitative estimate of drug-likeness (QED) is 0.349. The van der Waals surface area contributed by atoms with Crippen LogP contribution in [-0.2, 0) is 4.79 Å². The van der Waals surface area contributed by atoms with Gasteiger partial charge in [0, 0.05) is 29.9 Å². The van der Waals surface area contributed by atoms with Gasteiger partial charge in [0.15, 0.2) is 0 Å². The summed E-state index contributed by atoms with van der Waals surface area (Å²) in [4.78, 5) is 42.2. The molecule has 2 aromatic carbocycles. The lowest BCUT2D eigenvalue weighted by molar-refractivity contribution is -0.120. The second-order valence-electron chi connectivity index (χ2n) is 9.73. The number of benzene rings is 2. The molecule has 2 aliphatic heterocycles. The molecule has 3 aromatic rings. The number of anilines is 2. The Morgan fingerprint density at radius 3 is 2.67 bits per heavy atom. The van der Waals surface area contributed by atoms with Crippen molar-refractivity contribution < 1.29 is 19.4 Å². The number of carbonyl (C=O) groups is 2. The number of carbonyl (C=O) groups excluding carboxylic acids is 1. The maximum absolute atomic E-state index is 13.2. The number of carboxylic acid groups (broad SMARTS) is 1. The van der Waals surface area contributed by atoms with Gasteiger partial charge in [-0.15, -0.1) is 17.9 Å². The van der Waals surface area contributed by atoms with Crippen molar-refractivity contribution in [2.75, 3.05) is 18.6 Å². The average Bonchev–Trinajstić information content (AvgIpc) is 3.68. The topological polar surface area (TPSA) is 92.1 Å². The number of aromatic nitrogens is 1. The Morgan fingerprint density at radius 2 is 1.98 bits per heavy atom. The van der Waals surface area contributed by atoms with Gasteiger partial charge in [-0.25, -0.2) is 4.79 Å². The summed E-state index contributed by atoms with van der Waals surface area (Å²) < 4.78 is 6.58. The summed E-state index contributed by atoms with van der Waals surface area (Å²) in [6.45, 7) is 3.85. The third-order valence-corrected chi connectivity index (χ3v) is 10.2. The van der Waals surface area contributed by atoms with E-state index in [1.807, 2.05) is 18.2 Å². The summed E-state index contributed by atoms with van der Waals surface area (Å²) >= 11 is 7.29. The molecule has 6 rings (SSSR count). The first-order valence-electron chi connectivity index (χ1n) is 12.8. The van der Waals surface area contributed by atoms with Gasteiger partial charge < -0.3 is 14.7 Å². The number of thiazole rings is 1. The first kappa shape index (κ1) is 26.5. The van der Waals surface area contributed by atoms with E-state index in [9.17, 15) is 19.5 Å². The lowest BCUT2D eigenvalue weighted by Gasteiger charge is -2.27. The highest BCUT2D eigenvalue weighted by Gasteiger charge is 2.42. The minimum Gasteiger partial charge on any atom is -0.497 e. The van der Waals surface area contributed by atoms with E-state index in [-0.39, 0.29) is 20.6 Å². The van der Waals surface area contributed by atoms with Crippen molar-refractivity contribution >= 4 is 74.0 Å². The standard InChI is InChI=1S/C29H25N3O5S3/c1-3-13-30-26(34)24(40-29(30)38)27-32(28(35)36)25(33)23(39-27)15-16-7-12-22-20(14-16)19-5-4-6-21(19)31(22)17-8-10-18(37-2)11-9-17/h3,7-12,14-15,19,21H,1,4-6,13H2,2H3,(H,35,36)/b23-15+,27-24+. The van der Waals surface area contributed by atoms with E-state index >= 15 is 0 Å². The first-order chi connectivity index (χ1) is 19.3. The Balaban J connectivity index is 1.45. The van der Waals surface area contributed by atoms with E-state index in [0.717, 1.165) is 65.0 Å². The monoisotopic (exact) mass is 591 g/mol. The Hall–Kier alpha value is -3.67. The van der Waals surface area contributed by atoms with E-state index < -0.39 is 17.6 Å². The van der Waals surface area contributed by atoms with Crippen LogP contribution < -0.4 is 24.4 Å². The van der Waals surface area contributed by atoms with E-state index in [2.05, 4.69) is 35.7 Å². The van der Waals surface area contributed by atoms with Gasteiger partial charge in [0.25, 0.3) is 11.5 Å². The molecule has 8 nitrogen and oxygen atoms in total. The van der Waals surface area contributed by atoms with Gasteiger partial charge >= 0.3 is 6.09 Å². The SMILES string of the molecule is C=CCN1C(=O)/C(=c2\s/c(=C/c3ccc4c(c3)C3CCCC3N4c3ccc(OC)cc3)c(=O)n2C(=O)O)SC1=S. The molecule has 40 heavy (non-hydrogen) atoms. The van der Waals surface area contributed by atoms with Crippen molar-refractivity contribution in [2.24, 2.45) is 0 Å². The third kappa shape index (κ3) is 4.29. The number of thiocarbonyl (C=S) groups is 1. The summed E-state index contributed by atoms with van der Waals surface area (Å²) in [5.74, 6) is 0.755. The van der Waals surface area contributed by atoms with Crippen molar-refractivity contribution in [3.8, 4) is 5.75 Å². The molecular formula is C29H25N3O5S3. The first-order valence-corrected chi connectivity index (χ1v) is 14.8. The fourth-order valence-electron chi connectivity index (χ4n) is 5.82. The van der Waals surface area contributed by atoms with Crippen molar-refractivity contribution in [1.29, 1.82) is 0 Å². The Labute approximate surface area is 243 Å². The molecule has 3 heterocycles. The van der Waals surface area contributed by atoms with Gasteiger partial charge in [0.05, 0.1) is 11.6 Å². The predicted octanol–water partition coefficient (Wildman–Crippen LogP) is 4.22. The van der Waals surface area contributed by atoms with Crippen molar-refractivity contribution in [2.45, 2.75) is 31.2 Å². The van der Waals surface area contributed by atoms with Crippen molar-refractivity contribution in [1.82, 2.24) is 9.47 Å². The van der Waals surface area contributed by atoms with Crippen LogP contribution in [0.25, 0.3) is 11.0 Å². The fourth-order valence-corrected chi connectivity index (χ4v) is 8.31. The number of hydrogen-bond acceptors (Lipinski definition) is 8. The molecule has 2 atom stereocenters. The normalized spacial score (nSPS) is 21.7. The molecule has 1 amide bonds. The van der Waals surface area contributed by atoms with Gasteiger partial charge in [-0.3, -0.25) is 14.5 Å². The molecular weight excluding hydrogens is 567 g/mol.